The van der Waals surface area contributed by atoms with Crippen LogP contribution in [0.5, 0.6) is 0 Å². The number of nitro benzene ring substituents is 4. The van der Waals surface area contributed by atoms with Crippen LogP contribution in [0, 0.1) is 40.5 Å². The van der Waals surface area contributed by atoms with Crippen molar-refractivity contribution < 1.29 is 19.7 Å². The Hall–Kier alpha value is -5.14. The number of non-ortho nitro benzene ring substituents is 2. The first-order chi connectivity index (χ1) is 15.2. The van der Waals surface area contributed by atoms with E-state index in [1.165, 1.54) is 48.5 Å². The van der Waals surface area contributed by atoms with Crippen LogP contribution in [0.4, 0.5) is 45.5 Å². The third-order valence-electron chi connectivity index (χ3n) is 4.22. The minimum absolute atomic E-state index is 0.112. The van der Waals surface area contributed by atoms with Gasteiger partial charge in [-0.05, 0) is 30.3 Å². The summed E-state index contributed by atoms with van der Waals surface area (Å²) < 4.78 is 0. The molecule has 0 radical (unpaired) electrons. The van der Waals surface area contributed by atoms with Gasteiger partial charge < -0.3 is 10.6 Å². The molecule has 0 aliphatic rings. The van der Waals surface area contributed by atoms with Crippen LogP contribution in [0.3, 0.4) is 0 Å². The van der Waals surface area contributed by atoms with Crippen molar-refractivity contribution in [3.8, 4) is 0 Å². The molecule has 14 heteroatoms. The van der Waals surface area contributed by atoms with Crippen LogP contribution >= 0.6 is 0 Å². The van der Waals surface area contributed by atoms with Gasteiger partial charge in [0.15, 0.2) is 0 Å². The molecule has 0 fully saturated rings. The number of rotatable bonds is 8. The number of anilines is 4. The number of benzene rings is 3. The zero-order valence-corrected chi connectivity index (χ0v) is 15.8. The van der Waals surface area contributed by atoms with Gasteiger partial charge in [-0.2, -0.15) is 0 Å². The molecule has 0 aliphatic heterocycles. The van der Waals surface area contributed by atoms with Crippen molar-refractivity contribution in [3.05, 3.63) is 101 Å². The molecule has 162 valence electrons. The van der Waals surface area contributed by atoms with Crippen molar-refractivity contribution in [2.75, 3.05) is 10.6 Å². The van der Waals surface area contributed by atoms with E-state index in [0.717, 1.165) is 12.1 Å². The largest absolute Gasteiger partial charge is 0.350 e. The Kier molecular flexibility index (Phi) is 5.86. The van der Waals surface area contributed by atoms with E-state index in [-0.39, 0.29) is 34.1 Å². The van der Waals surface area contributed by atoms with Gasteiger partial charge >= 0.3 is 0 Å². The van der Waals surface area contributed by atoms with Crippen molar-refractivity contribution in [3.63, 3.8) is 0 Å². The molecule has 0 aromatic heterocycles. The highest BCUT2D eigenvalue weighted by Crippen LogP contribution is 2.39. The van der Waals surface area contributed by atoms with Gasteiger partial charge in [0.05, 0.1) is 25.8 Å². The first kappa shape index (κ1) is 21.6. The van der Waals surface area contributed by atoms with Gasteiger partial charge in [0.2, 0.25) is 0 Å². The molecular formula is C18H12N6O8. The minimum atomic E-state index is -0.809. The third kappa shape index (κ3) is 4.70. The molecule has 0 amide bonds. The number of nitrogens with zero attached hydrogens (tertiary/aromatic N) is 4. The molecule has 0 heterocycles. The zero-order valence-electron chi connectivity index (χ0n) is 15.8. The lowest BCUT2D eigenvalue weighted by molar-refractivity contribution is -0.393. The first-order valence-corrected chi connectivity index (χ1v) is 8.65. The predicted octanol–water partition coefficient (Wildman–Crippen LogP) is 4.81. The number of hydrogen-bond acceptors (Lipinski definition) is 10. The van der Waals surface area contributed by atoms with Gasteiger partial charge in [-0.1, -0.05) is 0 Å². The second-order valence-electron chi connectivity index (χ2n) is 6.26. The predicted molar refractivity (Wildman–Crippen MR) is 113 cm³/mol. The van der Waals surface area contributed by atoms with Gasteiger partial charge in [0.1, 0.15) is 11.4 Å². The summed E-state index contributed by atoms with van der Waals surface area (Å²) in [6.45, 7) is 0. The molecule has 3 aromatic carbocycles. The Labute approximate surface area is 177 Å². The van der Waals surface area contributed by atoms with E-state index in [1.54, 1.807) is 0 Å². The fraction of sp³-hybridized carbons (Fsp3) is 0. The van der Waals surface area contributed by atoms with E-state index in [2.05, 4.69) is 10.6 Å². The van der Waals surface area contributed by atoms with Gasteiger partial charge in [-0.25, -0.2) is 0 Å². The Balaban J connectivity index is 2.02. The lowest BCUT2D eigenvalue weighted by Gasteiger charge is -2.12. The lowest BCUT2D eigenvalue weighted by atomic mass is 10.1. The van der Waals surface area contributed by atoms with Crippen LogP contribution in [0.25, 0.3) is 0 Å². The van der Waals surface area contributed by atoms with Crippen LogP contribution < -0.4 is 10.6 Å². The van der Waals surface area contributed by atoms with Crippen molar-refractivity contribution in [2.45, 2.75) is 0 Å². The van der Waals surface area contributed by atoms with E-state index < -0.39 is 31.1 Å². The van der Waals surface area contributed by atoms with Crippen LogP contribution in [-0.2, 0) is 0 Å². The highest BCUT2D eigenvalue weighted by Gasteiger charge is 2.25. The molecule has 2 N–H and O–H groups in total. The zero-order chi connectivity index (χ0) is 23.4. The van der Waals surface area contributed by atoms with Crippen molar-refractivity contribution >= 4 is 45.5 Å². The smallest absolute Gasteiger partial charge is 0.299 e. The summed E-state index contributed by atoms with van der Waals surface area (Å²) in [6, 6.07) is 12.0. The Bertz CT molecular complexity index is 1130. The normalized spacial score (nSPS) is 10.2. The van der Waals surface area contributed by atoms with Crippen molar-refractivity contribution in [1.82, 2.24) is 0 Å². The molecular weight excluding hydrogens is 428 g/mol. The summed E-state index contributed by atoms with van der Waals surface area (Å²) in [4.78, 5) is 41.7. The monoisotopic (exact) mass is 440 g/mol. The van der Waals surface area contributed by atoms with Crippen LogP contribution in [-0.4, -0.2) is 19.7 Å². The summed E-state index contributed by atoms with van der Waals surface area (Å²) in [6.07, 6.45) is 0. The average Bonchev–Trinajstić information content (AvgIpc) is 2.74. The van der Waals surface area contributed by atoms with Crippen molar-refractivity contribution in [1.29, 1.82) is 0 Å². The van der Waals surface area contributed by atoms with E-state index in [1.807, 2.05) is 0 Å². The second kappa shape index (κ2) is 8.70. The van der Waals surface area contributed by atoms with E-state index >= 15 is 0 Å². The van der Waals surface area contributed by atoms with Crippen LogP contribution in [0.15, 0.2) is 60.7 Å². The fourth-order valence-corrected chi connectivity index (χ4v) is 2.72. The Morgan fingerprint density at radius 3 is 1.12 bits per heavy atom. The quantitative estimate of drug-likeness (QED) is 0.362. The molecule has 32 heavy (non-hydrogen) atoms. The van der Waals surface area contributed by atoms with Gasteiger partial charge in [-0.3, -0.25) is 40.5 Å². The van der Waals surface area contributed by atoms with Gasteiger partial charge in [-0.15, -0.1) is 0 Å². The molecule has 3 rings (SSSR count). The molecule has 0 aliphatic carbocycles. The highest BCUT2D eigenvalue weighted by molar-refractivity contribution is 5.82. The van der Waals surface area contributed by atoms with Gasteiger partial charge in [0.25, 0.3) is 22.7 Å². The van der Waals surface area contributed by atoms with E-state index in [0.29, 0.717) is 0 Å². The fourth-order valence-electron chi connectivity index (χ4n) is 2.72. The molecule has 0 unspecified atom stereocenters. The number of hydrogen-bond donors (Lipinski definition) is 2. The van der Waals surface area contributed by atoms with Crippen LogP contribution in [0.2, 0.25) is 0 Å². The molecule has 0 atom stereocenters. The summed E-state index contributed by atoms with van der Waals surface area (Å²) >= 11 is 0. The lowest BCUT2D eigenvalue weighted by Crippen LogP contribution is -2.03. The first-order valence-electron chi connectivity index (χ1n) is 8.65. The molecule has 0 spiro atoms. The highest BCUT2D eigenvalue weighted by atomic mass is 16.6. The Morgan fingerprint density at radius 2 is 0.844 bits per heavy atom. The standard InChI is InChI=1S/C18H12N6O8/c25-21(26)13-5-1-11(2-6-13)19-15-9-16(18(24(31)32)10-17(15)23(29)30)20-12-3-7-14(8-4-12)22(27)28/h1-10,19-20H. The molecule has 3 aromatic rings. The molecule has 0 saturated carbocycles. The summed E-state index contributed by atoms with van der Waals surface area (Å²) in [5.74, 6) is 0. The van der Waals surface area contributed by atoms with Crippen molar-refractivity contribution in [2.24, 2.45) is 0 Å². The van der Waals surface area contributed by atoms with E-state index in [4.69, 9.17) is 0 Å². The maximum Gasteiger partial charge on any atom is 0.299 e. The van der Waals surface area contributed by atoms with Gasteiger partial charge in [0, 0.05) is 35.6 Å². The molecule has 0 saturated heterocycles. The average molecular weight is 440 g/mol. The van der Waals surface area contributed by atoms with E-state index in [9.17, 15) is 40.5 Å². The topological polar surface area (TPSA) is 197 Å². The van der Waals surface area contributed by atoms with Crippen LogP contribution in [0.1, 0.15) is 0 Å². The molecule has 0 bridgehead atoms. The maximum atomic E-state index is 11.5. The third-order valence-corrected chi connectivity index (χ3v) is 4.22. The molecule has 14 nitrogen and oxygen atoms in total. The number of nitro groups is 4. The minimum Gasteiger partial charge on any atom is -0.350 e. The SMILES string of the molecule is O=[N+]([O-])c1ccc(Nc2cc(Nc3ccc([N+](=O)[O-])cc3)c([N+](=O)[O-])cc2[N+](=O)[O-])cc1. The second-order valence-corrected chi connectivity index (χ2v) is 6.26. The maximum absolute atomic E-state index is 11.5. The summed E-state index contributed by atoms with van der Waals surface area (Å²) in [5, 5.41) is 49.9. The summed E-state index contributed by atoms with van der Waals surface area (Å²) in [5.41, 5.74) is -1.24. The number of nitrogens with one attached hydrogen (secondary N) is 2. The summed E-state index contributed by atoms with van der Waals surface area (Å²) in [7, 11) is 0. The Morgan fingerprint density at radius 1 is 0.500 bits per heavy atom.